The van der Waals surface area contributed by atoms with E-state index in [-0.39, 0.29) is 23.2 Å². The first-order valence-electron chi connectivity index (χ1n) is 5.86. The molecule has 1 N–H and O–H groups in total. The van der Waals surface area contributed by atoms with Crippen molar-refractivity contribution in [3.8, 4) is 0 Å². The number of carbonyl (C=O) groups is 1. The van der Waals surface area contributed by atoms with Crippen LogP contribution in [-0.4, -0.2) is 26.9 Å². The zero-order chi connectivity index (χ0) is 12.4. The summed E-state index contributed by atoms with van der Waals surface area (Å²) in [7, 11) is 0. The maximum absolute atomic E-state index is 12.1. The molecule has 2 atom stereocenters. The van der Waals surface area contributed by atoms with Gasteiger partial charge in [-0.15, -0.1) is 16.7 Å². The van der Waals surface area contributed by atoms with E-state index >= 15 is 0 Å². The van der Waals surface area contributed by atoms with Crippen molar-refractivity contribution < 1.29 is 4.79 Å². The summed E-state index contributed by atoms with van der Waals surface area (Å²) < 4.78 is 3.86. The van der Waals surface area contributed by atoms with Gasteiger partial charge in [0.25, 0.3) is 5.91 Å². The minimum absolute atomic E-state index is 0.0577. The summed E-state index contributed by atoms with van der Waals surface area (Å²) in [5.41, 5.74) is 0.775. The van der Waals surface area contributed by atoms with E-state index in [0.717, 1.165) is 36.5 Å². The lowest BCUT2D eigenvalue weighted by molar-refractivity contribution is 0.0941. The summed E-state index contributed by atoms with van der Waals surface area (Å²) in [5, 5.41) is 7.05. The van der Waals surface area contributed by atoms with Crippen LogP contribution in [0.2, 0.25) is 0 Å². The van der Waals surface area contributed by atoms with Crippen molar-refractivity contribution in [1.29, 1.82) is 0 Å². The fourth-order valence-corrected chi connectivity index (χ4v) is 3.11. The molecule has 0 bridgehead atoms. The second-order valence-corrected chi connectivity index (χ2v) is 5.98. The van der Waals surface area contributed by atoms with Crippen LogP contribution in [0.25, 0.3) is 0 Å². The molecule has 1 aliphatic carbocycles. The molecule has 2 unspecified atom stereocenters. The van der Waals surface area contributed by atoms with E-state index in [4.69, 9.17) is 11.6 Å². The van der Waals surface area contributed by atoms with Gasteiger partial charge in [-0.25, -0.2) is 0 Å². The predicted molar refractivity (Wildman–Crippen MR) is 68.7 cm³/mol. The van der Waals surface area contributed by atoms with E-state index in [2.05, 4.69) is 14.9 Å². The summed E-state index contributed by atoms with van der Waals surface area (Å²) in [4.78, 5) is 12.7. The van der Waals surface area contributed by atoms with Gasteiger partial charge in [-0.05, 0) is 36.7 Å². The normalized spacial score (nSPS) is 24.2. The third kappa shape index (κ3) is 2.77. The van der Waals surface area contributed by atoms with E-state index in [1.54, 1.807) is 0 Å². The smallest absolute Gasteiger partial charge is 0.265 e. The molecule has 0 aliphatic heterocycles. The zero-order valence-electron chi connectivity index (χ0n) is 9.94. The summed E-state index contributed by atoms with van der Waals surface area (Å²) in [6.45, 7) is 4.01. The van der Waals surface area contributed by atoms with Gasteiger partial charge in [-0.3, -0.25) is 4.79 Å². The topological polar surface area (TPSA) is 54.9 Å². The van der Waals surface area contributed by atoms with Crippen LogP contribution in [0, 0.1) is 0 Å². The monoisotopic (exact) mass is 273 g/mol. The van der Waals surface area contributed by atoms with Crippen molar-refractivity contribution in [2.45, 2.75) is 50.4 Å². The molecule has 2 rings (SSSR count). The lowest BCUT2D eigenvalue weighted by Gasteiger charge is -2.15. The Labute approximate surface area is 110 Å². The van der Waals surface area contributed by atoms with Crippen LogP contribution >= 0.6 is 23.1 Å². The molecule has 6 heteroatoms. The van der Waals surface area contributed by atoms with Crippen molar-refractivity contribution in [2.24, 2.45) is 0 Å². The zero-order valence-corrected chi connectivity index (χ0v) is 11.5. The number of carbonyl (C=O) groups excluding carboxylic acids is 1. The van der Waals surface area contributed by atoms with Gasteiger partial charge in [-0.2, -0.15) is 0 Å². The van der Waals surface area contributed by atoms with Crippen LogP contribution in [0.1, 0.15) is 54.4 Å². The van der Waals surface area contributed by atoms with Gasteiger partial charge in [0.1, 0.15) is 4.88 Å². The van der Waals surface area contributed by atoms with Crippen LogP contribution in [0.15, 0.2) is 0 Å². The van der Waals surface area contributed by atoms with Crippen molar-refractivity contribution in [1.82, 2.24) is 14.9 Å². The van der Waals surface area contributed by atoms with Crippen LogP contribution in [0.3, 0.4) is 0 Å². The molecule has 1 heterocycles. The van der Waals surface area contributed by atoms with Gasteiger partial charge in [0.15, 0.2) is 0 Å². The van der Waals surface area contributed by atoms with Crippen LogP contribution in [0.4, 0.5) is 0 Å². The highest BCUT2D eigenvalue weighted by Gasteiger charge is 2.28. The molecule has 0 aromatic carbocycles. The largest absolute Gasteiger partial charge is 0.347 e. The molecule has 1 fully saturated rings. The first-order valence-corrected chi connectivity index (χ1v) is 7.07. The first-order chi connectivity index (χ1) is 8.09. The molecular weight excluding hydrogens is 258 g/mol. The van der Waals surface area contributed by atoms with Gasteiger partial charge in [0.05, 0.1) is 11.1 Å². The fourth-order valence-electron chi connectivity index (χ4n) is 2.04. The molecule has 4 nitrogen and oxygen atoms in total. The Morgan fingerprint density at radius 3 is 2.88 bits per heavy atom. The number of aromatic nitrogens is 2. The van der Waals surface area contributed by atoms with Gasteiger partial charge in [-0.1, -0.05) is 18.3 Å². The Morgan fingerprint density at radius 1 is 1.53 bits per heavy atom. The molecule has 0 spiro atoms. The Hall–Kier alpha value is -0.680. The molecule has 1 aliphatic rings. The maximum atomic E-state index is 12.1. The van der Waals surface area contributed by atoms with Crippen molar-refractivity contribution >= 4 is 29.0 Å². The van der Waals surface area contributed by atoms with E-state index in [0.29, 0.717) is 4.88 Å². The summed E-state index contributed by atoms with van der Waals surface area (Å²) >= 11 is 7.30. The van der Waals surface area contributed by atoms with Crippen LogP contribution in [0.5, 0.6) is 0 Å². The second-order valence-electron chi connectivity index (χ2n) is 4.67. The summed E-state index contributed by atoms with van der Waals surface area (Å²) in [5.74, 6) is 0.131. The number of nitrogens with one attached hydrogen (secondary N) is 1. The molecule has 17 heavy (non-hydrogen) atoms. The van der Waals surface area contributed by atoms with E-state index < -0.39 is 0 Å². The Kier molecular flexibility index (Phi) is 3.99. The molecule has 1 aromatic rings. The Bertz CT molecular complexity index is 407. The number of amides is 1. The Morgan fingerprint density at radius 2 is 2.29 bits per heavy atom. The molecule has 0 saturated heterocycles. The number of hydrogen-bond acceptors (Lipinski definition) is 4. The highest BCUT2D eigenvalue weighted by Crippen LogP contribution is 2.25. The number of alkyl halides is 1. The molecule has 0 radical (unpaired) electrons. The van der Waals surface area contributed by atoms with Gasteiger partial charge in [0, 0.05) is 6.04 Å². The van der Waals surface area contributed by atoms with Gasteiger partial charge >= 0.3 is 0 Å². The molecule has 1 aromatic heterocycles. The number of nitrogens with zero attached hydrogens (tertiary/aromatic N) is 2. The molecule has 94 valence electrons. The third-order valence-corrected chi connectivity index (χ3v) is 4.28. The second kappa shape index (κ2) is 5.31. The van der Waals surface area contributed by atoms with Crippen molar-refractivity contribution in [2.75, 3.05) is 0 Å². The average Bonchev–Trinajstić information content (AvgIpc) is 2.87. The molecule has 1 amide bonds. The van der Waals surface area contributed by atoms with Gasteiger partial charge < -0.3 is 5.32 Å². The minimum atomic E-state index is -0.0822. The number of halogens is 1. The van der Waals surface area contributed by atoms with Crippen molar-refractivity contribution in [3.05, 3.63) is 10.6 Å². The first kappa shape index (κ1) is 12.8. The highest BCUT2D eigenvalue weighted by atomic mass is 35.5. The molecular formula is C11H16ClN3OS. The Balaban J connectivity index is 2.06. The van der Waals surface area contributed by atoms with E-state index in [1.807, 2.05) is 13.8 Å². The third-order valence-electron chi connectivity index (χ3n) is 3.01. The number of hydrogen-bond donors (Lipinski definition) is 1. The molecule has 1 saturated carbocycles. The standard InChI is InChI=1S/C11H16ClN3OS/c1-6(2)9-10(17-15-14-9)11(16)13-8-5-3-4-7(8)12/h6-8H,3-5H2,1-2H3,(H,13,16). The predicted octanol–water partition coefficient (Wildman–Crippen LogP) is 2.55. The average molecular weight is 274 g/mol. The lowest BCUT2D eigenvalue weighted by atomic mass is 10.1. The number of rotatable bonds is 3. The van der Waals surface area contributed by atoms with Crippen LogP contribution in [-0.2, 0) is 0 Å². The van der Waals surface area contributed by atoms with Crippen molar-refractivity contribution in [3.63, 3.8) is 0 Å². The van der Waals surface area contributed by atoms with E-state index in [9.17, 15) is 4.79 Å². The summed E-state index contributed by atoms with van der Waals surface area (Å²) in [6.07, 6.45) is 3.02. The minimum Gasteiger partial charge on any atom is -0.347 e. The lowest BCUT2D eigenvalue weighted by Crippen LogP contribution is -2.37. The fraction of sp³-hybridized carbons (Fsp3) is 0.727. The van der Waals surface area contributed by atoms with Crippen LogP contribution < -0.4 is 5.32 Å². The quantitative estimate of drug-likeness (QED) is 0.861. The SMILES string of the molecule is CC(C)c1nnsc1C(=O)NC1CCCC1Cl. The van der Waals surface area contributed by atoms with E-state index in [1.165, 1.54) is 0 Å². The highest BCUT2D eigenvalue weighted by molar-refractivity contribution is 7.08. The van der Waals surface area contributed by atoms with Gasteiger partial charge in [0.2, 0.25) is 0 Å². The maximum Gasteiger partial charge on any atom is 0.265 e. The summed E-state index contributed by atoms with van der Waals surface area (Å²) in [6, 6.07) is 0.0891.